The molecule has 0 radical (unpaired) electrons. The Bertz CT molecular complexity index is 1630. The molecule has 0 aliphatic carbocycles. The number of carbonyl (C=O) groups is 2. The van der Waals surface area contributed by atoms with E-state index in [9.17, 15) is 5.11 Å². The average molecular weight is 1010 g/mol. The highest BCUT2D eigenvalue weighted by molar-refractivity contribution is 6.00. The molecule has 1 aromatic carbocycles. The van der Waals surface area contributed by atoms with Crippen LogP contribution in [0.2, 0.25) is 0 Å². The zero-order valence-corrected chi connectivity index (χ0v) is 51.0. The fourth-order valence-corrected chi connectivity index (χ4v) is 12.9. The summed E-state index contributed by atoms with van der Waals surface area (Å²) in [5.41, 5.74) is -0.649. The Balaban J connectivity index is 1.91. The van der Waals surface area contributed by atoms with E-state index in [0.29, 0.717) is 31.4 Å². The second-order valence-corrected chi connectivity index (χ2v) is 28.1. The van der Waals surface area contributed by atoms with E-state index in [0.717, 1.165) is 29.8 Å². The van der Waals surface area contributed by atoms with Gasteiger partial charge in [0.1, 0.15) is 18.0 Å². The fourth-order valence-electron chi connectivity index (χ4n) is 12.9. The molecule has 72 heavy (non-hydrogen) atoms. The molecule has 0 spiro atoms. The molecule has 418 valence electrons. The maximum absolute atomic E-state index is 15.3. The average Bonchev–Trinajstić information content (AvgIpc) is 3.25. The van der Waals surface area contributed by atoms with E-state index in [1.54, 1.807) is 6.92 Å². The number of phenolic OH excluding ortho intramolecular Hbond substituents is 1. The van der Waals surface area contributed by atoms with Crippen LogP contribution in [0.4, 0.5) is 0 Å². The summed E-state index contributed by atoms with van der Waals surface area (Å²) in [5, 5.41) is 12.2. The van der Waals surface area contributed by atoms with Crippen LogP contribution in [-0.4, -0.2) is 74.3 Å². The first-order valence-electron chi connectivity index (χ1n) is 30.2. The highest BCUT2D eigenvalue weighted by atomic mass is 16.6. The first-order chi connectivity index (χ1) is 33.4. The second-order valence-electron chi connectivity index (χ2n) is 28.1. The molecule has 0 atom stereocenters. The van der Waals surface area contributed by atoms with Crippen LogP contribution in [0.3, 0.4) is 0 Å². The third-order valence-electron chi connectivity index (χ3n) is 18.8. The number of benzene rings is 1. The molecule has 3 rings (SSSR count). The molecule has 0 bridgehead atoms. The standard InChI is InChI=1S/C65H118N2O5/c1-20-22-24-26-28-30-32-34-36-38-40-66-59(7,8)45-52(46-60(66,9)10)71-57(69)65(19,44-51-42-54(63(15,16)49(3)4)56(68)55(43-51)64(17,18)50(5)6)58(70)72-53-47-61(11,12)67(62(13,14)48-53)41-39-37-35-33-31-29-27-25-23-21-2/h42-43,49-50,52-53,68H,20-41,44-48H2,1-19H3. The lowest BCUT2D eigenvalue weighted by Crippen LogP contribution is -2.63. The molecule has 1 N–H and O–H groups in total. The van der Waals surface area contributed by atoms with Gasteiger partial charge in [-0.05, 0) is 123 Å². The highest BCUT2D eigenvalue weighted by Gasteiger charge is 2.53. The third kappa shape index (κ3) is 17.7. The first-order valence-corrected chi connectivity index (χ1v) is 30.2. The number of piperidine rings is 2. The topological polar surface area (TPSA) is 79.3 Å². The molecule has 0 aromatic heterocycles. The van der Waals surface area contributed by atoms with Crippen LogP contribution >= 0.6 is 0 Å². The van der Waals surface area contributed by atoms with E-state index >= 15 is 9.59 Å². The van der Waals surface area contributed by atoms with Gasteiger partial charge in [0, 0.05) is 59.0 Å². The number of nitrogens with zero attached hydrogens (tertiary/aromatic N) is 2. The Hall–Kier alpha value is -2.12. The number of rotatable bonds is 32. The lowest BCUT2D eigenvalue weighted by molar-refractivity contribution is -0.187. The summed E-state index contributed by atoms with van der Waals surface area (Å²) in [4.78, 5) is 36.0. The van der Waals surface area contributed by atoms with Crippen molar-refractivity contribution >= 4 is 11.9 Å². The van der Waals surface area contributed by atoms with Crippen LogP contribution in [0.25, 0.3) is 0 Å². The van der Waals surface area contributed by atoms with Crippen LogP contribution in [0.1, 0.15) is 302 Å². The van der Waals surface area contributed by atoms with E-state index in [-0.39, 0.29) is 63.5 Å². The summed E-state index contributed by atoms with van der Waals surface area (Å²) < 4.78 is 13.5. The van der Waals surface area contributed by atoms with Gasteiger partial charge < -0.3 is 14.6 Å². The molecule has 7 heteroatoms. The number of phenols is 1. The lowest BCUT2D eigenvalue weighted by Gasteiger charge is -2.55. The summed E-state index contributed by atoms with van der Waals surface area (Å²) in [6.07, 6.45) is 28.5. The van der Waals surface area contributed by atoms with Gasteiger partial charge in [0.05, 0.1) is 0 Å². The molecule has 2 aliphatic rings. The second kappa shape index (κ2) is 27.8. The maximum atomic E-state index is 15.3. The van der Waals surface area contributed by atoms with Crippen molar-refractivity contribution in [2.75, 3.05) is 13.1 Å². The number of esters is 2. The smallest absolute Gasteiger partial charge is 0.323 e. The first kappa shape index (κ1) is 64.2. The van der Waals surface area contributed by atoms with Gasteiger partial charge in [0.2, 0.25) is 0 Å². The Morgan fingerprint density at radius 3 is 1.04 bits per heavy atom. The zero-order valence-electron chi connectivity index (χ0n) is 51.0. The molecule has 1 aromatic rings. The van der Waals surface area contributed by atoms with Crippen molar-refractivity contribution in [3.63, 3.8) is 0 Å². The number of carbonyl (C=O) groups excluding carboxylic acids is 2. The van der Waals surface area contributed by atoms with E-state index in [4.69, 9.17) is 9.47 Å². The molecule has 0 saturated carbocycles. The SMILES string of the molecule is CCCCCCCCCCCCN1C(C)(C)CC(OC(=O)C(C)(Cc2cc(C(C)(C)C(C)C)c(O)c(C(C)(C)C(C)C)c2)C(=O)OC2CC(C)(C)N(CCCCCCCCCCCC)C(C)(C)C2)CC1(C)C. The predicted octanol–water partition coefficient (Wildman–Crippen LogP) is 17.8. The largest absolute Gasteiger partial charge is 0.507 e. The van der Waals surface area contributed by atoms with Gasteiger partial charge in [-0.3, -0.25) is 19.4 Å². The number of ether oxygens (including phenoxy) is 2. The summed E-state index contributed by atoms with van der Waals surface area (Å²) in [7, 11) is 0. The van der Waals surface area contributed by atoms with Crippen molar-refractivity contribution in [3.8, 4) is 5.75 Å². The van der Waals surface area contributed by atoms with E-state index < -0.39 is 17.4 Å². The molecule has 2 aliphatic heterocycles. The Morgan fingerprint density at radius 1 is 0.514 bits per heavy atom. The van der Waals surface area contributed by atoms with Crippen molar-refractivity contribution in [2.45, 2.75) is 337 Å². The van der Waals surface area contributed by atoms with Crippen LogP contribution in [-0.2, 0) is 36.3 Å². The minimum atomic E-state index is -1.63. The summed E-state index contributed by atoms with van der Waals surface area (Å²) >= 11 is 0. The van der Waals surface area contributed by atoms with Gasteiger partial charge >= 0.3 is 11.9 Å². The van der Waals surface area contributed by atoms with Gasteiger partial charge in [-0.15, -0.1) is 0 Å². The molecule has 0 amide bonds. The van der Waals surface area contributed by atoms with Gasteiger partial charge in [0.15, 0.2) is 5.41 Å². The van der Waals surface area contributed by atoms with Crippen molar-refractivity contribution in [3.05, 3.63) is 28.8 Å². The van der Waals surface area contributed by atoms with Crippen molar-refractivity contribution < 1.29 is 24.2 Å². The van der Waals surface area contributed by atoms with Crippen molar-refractivity contribution in [1.82, 2.24) is 9.80 Å². The number of hydrogen-bond donors (Lipinski definition) is 1. The fraction of sp³-hybridized carbons (Fsp3) is 0.877. The normalized spacial score (nSPS) is 19.1. The van der Waals surface area contributed by atoms with Gasteiger partial charge in [-0.1, -0.05) is 197 Å². The summed E-state index contributed by atoms with van der Waals surface area (Å²) in [5.74, 6) is -0.259. The molecular weight excluding hydrogens is 889 g/mol. The minimum absolute atomic E-state index is 0.113. The summed E-state index contributed by atoms with van der Waals surface area (Å²) in [6.45, 7) is 44.3. The van der Waals surface area contributed by atoms with Gasteiger partial charge in [-0.25, -0.2) is 0 Å². The molecule has 2 heterocycles. The van der Waals surface area contributed by atoms with Crippen LogP contribution in [0, 0.1) is 17.3 Å². The van der Waals surface area contributed by atoms with Crippen LogP contribution in [0.15, 0.2) is 12.1 Å². The van der Waals surface area contributed by atoms with Crippen molar-refractivity contribution in [2.24, 2.45) is 17.3 Å². The molecular formula is C65H118N2O5. The van der Waals surface area contributed by atoms with Gasteiger partial charge in [-0.2, -0.15) is 0 Å². The molecule has 7 nitrogen and oxygen atoms in total. The maximum Gasteiger partial charge on any atom is 0.323 e. The van der Waals surface area contributed by atoms with E-state index in [2.05, 4.69) is 147 Å². The zero-order chi connectivity index (χ0) is 54.3. The van der Waals surface area contributed by atoms with Crippen LogP contribution in [0.5, 0.6) is 5.75 Å². The number of likely N-dealkylation sites (tertiary alicyclic amines) is 2. The number of hydrogen-bond acceptors (Lipinski definition) is 7. The third-order valence-corrected chi connectivity index (χ3v) is 18.8. The molecule has 2 fully saturated rings. The van der Waals surface area contributed by atoms with Gasteiger partial charge in [0.25, 0.3) is 0 Å². The monoisotopic (exact) mass is 1010 g/mol. The quantitative estimate of drug-likeness (QED) is 0.0438. The Labute approximate surface area is 446 Å². The lowest BCUT2D eigenvalue weighted by atomic mass is 9.68. The Morgan fingerprint density at radius 2 is 0.778 bits per heavy atom. The molecule has 0 unspecified atom stereocenters. The number of unbranched alkanes of at least 4 members (excludes halogenated alkanes) is 18. The Kier molecular flexibility index (Phi) is 24.8. The van der Waals surface area contributed by atoms with E-state index in [1.165, 1.54) is 128 Å². The molecule has 2 saturated heterocycles. The summed E-state index contributed by atoms with van der Waals surface area (Å²) in [6, 6.07) is 4.12. The van der Waals surface area contributed by atoms with Crippen molar-refractivity contribution in [1.29, 1.82) is 0 Å². The van der Waals surface area contributed by atoms with Crippen LogP contribution < -0.4 is 0 Å². The minimum Gasteiger partial charge on any atom is -0.507 e. The predicted molar refractivity (Wildman–Crippen MR) is 307 cm³/mol. The van der Waals surface area contributed by atoms with E-state index in [1.807, 2.05) is 0 Å². The number of aromatic hydroxyl groups is 1. The highest BCUT2D eigenvalue weighted by Crippen LogP contribution is 2.48.